The van der Waals surface area contributed by atoms with Gasteiger partial charge in [-0.1, -0.05) is 43.6 Å². The second-order valence-electron chi connectivity index (χ2n) is 4.78. The molecule has 0 aromatic carbocycles. The van der Waals surface area contributed by atoms with Crippen molar-refractivity contribution in [3.05, 3.63) is 24.3 Å². The number of ether oxygens (including phenoxy) is 1. The third-order valence-electron chi connectivity index (χ3n) is 3.02. The molecule has 19 heavy (non-hydrogen) atoms. The van der Waals surface area contributed by atoms with Crippen LogP contribution in [0.25, 0.3) is 0 Å². The summed E-state index contributed by atoms with van der Waals surface area (Å²) in [6.07, 6.45) is 13.2. The van der Waals surface area contributed by atoms with Gasteiger partial charge in [-0.05, 0) is 32.1 Å². The average molecular weight is 268 g/mol. The zero-order valence-electron chi connectivity index (χ0n) is 12.2. The summed E-state index contributed by atoms with van der Waals surface area (Å²) in [6.45, 7) is 4.08. The average Bonchev–Trinajstić information content (AvgIpc) is 2.40. The molecule has 0 spiro atoms. The lowest BCUT2D eigenvalue weighted by atomic mass is 10.1. The molecular weight excluding hydrogens is 240 g/mol. The molecule has 0 radical (unpaired) electrons. The maximum atomic E-state index is 10.9. The maximum Gasteiger partial charge on any atom is 0.305 e. The minimum atomic E-state index is -0.106. The first-order valence-electron chi connectivity index (χ1n) is 7.20. The van der Waals surface area contributed by atoms with Crippen LogP contribution in [0.4, 0.5) is 0 Å². The minimum absolute atomic E-state index is 0.106. The Morgan fingerprint density at radius 3 is 2.47 bits per heavy atom. The van der Waals surface area contributed by atoms with Gasteiger partial charge in [0.25, 0.3) is 0 Å². The van der Waals surface area contributed by atoms with Crippen molar-refractivity contribution in [3.8, 4) is 0 Å². The smallest absolute Gasteiger partial charge is 0.305 e. The van der Waals surface area contributed by atoms with E-state index >= 15 is 0 Å². The topological polar surface area (TPSA) is 46.5 Å². The fourth-order valence-electron chi connectivity index (χ4n) is 1.79. The van der Waals surface area contributed by atoms with Crippen LogP contribution in [0.3, 0.4) is 0 Å². The lowest BCUT2D eigenvalue weighted by Gasteiger charge is -2.00. The zero-order valence-corrected chi connectivity index (χ0v) is 12.2. The molecule has 1 N–H and O–H groups in total. The van der Waals surface area contributed by atoms with Gasteiger partial charge in [-0.3, -0.25) is 4.79 Å². The highest BCUT2D eigenvalue weighted by molar-refractivity contribution is 5.68. The molecule has 0 aliphatic rings. The Bertz CT molecular complexity index is 269. The fraction of sp³-hybridized carbons (Fsp3) is 0.688. The Morgan fingerprint density at radius 2 is 1.79 bits per heavy atom. The van der Waals surface area contributed by atoms with Crippen molar-refractivity contribution in [1.29, 1.82) is 0 Å². The summed E-state index contributed by atoms with van der Waals surface area (Å²) in [4.78, 5) is 10.9. The highest BCUT2D eigenvalue weighted by Crippen LogP contribution is 2.09. The number of carbonyl (C=O) groups is 1. The van der Waals surface area contributed by atoms with E-state index in [1.165, 1.54) is 26.4 Å². The number of hydrogen-bond acceptors (Lipinski definition) is 3. The SMILES string of the molecule is C=C(C/C=C/CCCCCCCC(=O)OC)CCO. The van der Waals surface area contributed by atoms with E-state index in [1.54, 1.807) is 0 Å². The first-order valence-corrected chi connectivity index (χ1v) is 7.20. The summed E-state index contributed by atoms with van der Waals surface area (Å²) < 4.78 is 4.59. The summed E-state index contributed by atoms with van der Waals surface area (Å²) in [5, 5.41) is 8.72. The van der Waals surface area contributed by atoms with Gasteiger partial charge in [-0.2, -0.15) is 0 Å². The first kappa shape index (κ1) is 17.9. The summed E-state index contributed by atoms with van der Waals surface area (Å²) in [5.41, 5.74) is 1.08. The Labute approximate surface area is 117 Å². The second-order valence-corrected chi connectivity index (χ2v) is 4.78. The molecule has 0 saturated carbocycles. The summed E-state index contributed by atoms with van der Waals surface area (Å²) >= 11 is 0. The lowest BCUT2D eigenvalue weighted by Crippen LogP contribution is -1.98. The van der Waals surface area contributed by atoms with E-state index in [4.69, 9.17) is 5.11 Å². The number of unbranched alkanes of at least 4 members (excludes halogenated alkanes) is 5. The van der Waals surface area contributed by atoms with E-state index < -0.39 is 0 Å². The minimum Gasteiger partial charge on any atom is -0.469 e. The molecule has 0 aromatic heterocycles. The number of esters is 1. The molecule has 0 fully saturated rings. The van der Waals surface area contributed by atoms with E-state index in [1.807, 2.05) is 0 Å². The van der Waals surface area contributed by atoms with Gasteiger partial charge in [0.1, 0.15) is 0 Å². The van der Waals surface area contributed by atoms with Gasteiger partial charge in [0.05, 0.1) is 7.11 Å². The van der Waals surface area contributed by atoms with Crippen LogP contribution in [-0.2, 0) is 9.53 Å². The third kappa shape index (κ3) is 13.1. The van der Waals surface area contributed by atoms with E-state index in [0.717, 1.165) is 31.3 Å². The molecule has 0 amide bonds. The number of rotatable bonds is 12. The van der Waals surface area contributed by atoms with Crippen LogP contribution in [0.15, 0.2) is 24.3 Å². The largest absolute Gasteiger partial charge is 0.469 e. The molecule has 0 aliphatic heterocycles. The van der Waals surface area contributed by atoms with Gasteiger partial charge in [-0.15, -0.1) is 0 Å². The highest BCUT2D eigenvalue weighted by atomic mass is 16.5. The molecule has 0 atom stereocenters. The predicted octanol–water partition coefficient (Wildman–Crippen LogP) is 3.78. The molecule has 0 unspecified atom stereocenters. The van der Waals surface area contributed by atoms with Gasteiger partial charge in [0, 0.05) is 13.0 Å². The molecule has 3 heteroatoms. The number of methoxy groups -OCH3 is 1. The molecule has 0 aromatic rings. The molecule has 0 bridgehead atoms. The van der Waals surface area contributed by atoms with Gasteiger partial charge >= 0.3 is 5.97 Å². The van der Waals surface area contributed by atoms with E-state index in [-0.39, 0.29) is 12.6 Å². The Kier molecular flexibility index (Phi) is 12.6. The highest BCUT2D eigenvalue weighted by Gasteiger charge is 1.98. The summed E-state index contributed by atoms with van der Waals surface area (Å²) in [7, 11) is 1.43. The number of allylic oxidation sites excluding steroid dienone is 2. The maximum absolute atomic E-state index is 10.9. The van der Waals surface area contributed by atoms with Gasteiger partial charge < -0.3 is 9.84 Å². The van der Waals surface area contributed by atoms with Crippen LogP contribution in [0.5, 0.6) is 0 Å². The monoisotopic (exact) mass is 268 g/mol. The Balaban J connectivity index is 3.24. The van der Waals surface area contributed by atoms with Crippen molar-refractivity contribution in [2.45, 2.75) is 57.8 Å². The molecule has 0 heterocycles. The van der Waals surface area contributed by atoms with Crippen molar-refractivity contribution >= 4 is 5.97 Å². The van der Waals surface area contributed by atoms with Gasteiger partial charge in [0.2, 0.25) is 0 Å². The van der Waals surface area contributed by atoms with Crippen LogP contribution in [0, 0.1) is 0 Å². The van der Waals surface area contributed by atoms with Crippen LogP contribution < -0.4 is 0 Å². The zero-order chi connectivity index (χ0) is 14.3. The van der Waals surface area contributed by atoms with E-state index in [0.29, 0.717) is 12.8 Å². The molecule has 0 rings (SSSR count). The fourth-order valence-corrected chi connectivity index (χ4v) is 1.79. The predicted molar refractivity (Wildman–Crippen MR) is 78.9 cm³/mol. The van der Waals surface area contributed by atoms with Crippen molar-refractivity contribution in [1.82, 2.24) is 0 Å². The Hall–Kier alpha value is -1.09. The summed E-state index contributed by atoms with van der Waals surface area (Å²) in [6, 6.07) is 0. The standard InChI is InChI=1S/C16H28O3/c1-15(13-14-17)11-9-7-5-3-4-6-8-10-12-16(18)19-2/h7,9,17H,1,3-6,8,10-14H2,2H3/b9-7+. The van der Waals surface area contributed by atoms with Crippen molar-refractivity contribution in [2.75, 3.05) is 13.7 Å². The third-order valence-corrected chi connectivity index (χ3v) is 3.02. The van der Waals surface area contributed by atoms with Gasteiger partial charge in [0.15, 0.2) is 0 Å². The molecule has 0 saturated heterocycles. The number of hydrogen-bond donors (Lipinski definition) is 1. The number of aliphatic hydroxyl groups excluding tert-OH is 1. The number of carbonyl (C=O) groups excluding carboxylic acids is 1. The molecule has 110 valence electrons. The van der Waals surface area contributed by atoms with Crippen molar-refractivity contribution in [3.63, 3.8) is 0 Å². The quantitative estimate of drug-likeness (QED) is 0.333. The second kappa shape index (κ2) is 13.3. The van der Waals surface area contributed by atoms with Gasteiger partial charge in [-0.25, -0.2) is 0 Å². The lowest BCUT2D eigenvalue weighted by molar-refractivity contribution is -0.140. The van der Waals surface area contributed by atoms with Crippen LogP contribution >= 0.6 is 0 Å². The Morgan fingerprint density at radius 1 is 1.11 bits per heavy atom. The number of aliphatic hydroxyl groups is 1. The first-order chi connectivity index (χ1) is 9.20. The van der Waals surface area contributed by atoms with Crippen LogP contribution in [0.2, 0.25) is 0 Å². The molecule has 0 aliphatic carbocycles. The van der Waals surface area contributed by atoms with E-state index in [9.17, 15) is 4.79 Å². The van der Waals surface area contributed by atoms with Crippen LogP contribution in [0.1, 0.15) is 57.8 Å². The van der Waals surface area contributed by atoms with Crippen molar-refractivity contribution < 1.29 is 14.6 Å². The van der Waals surface area contributed by atoms with E-state index in [2.05, 4.69) is 23.5 Å². The van der Waals surface area contributed by atoms with Crippen LogP contribution in [-0.4, -0.2) is 24.8 Å². The molecular formula is C16H28O3. The summed E-state index contributed by atoms with van der Waals surface area (Å²) in [5.74, 6) is -0.106. The normalized spacial score (nSPS) is 10.8. The van der Waals surface area contributed by atoms with Crippen molar-refractivity contribution in [2.24, 2.45) is 0 Å². The molecule has 3 nitrogen and oxygen atoms in total.